The quantitative estimate of drug-likeness (QED) is 0.749. The molecule has 0 fully saturated rings. The normalized spacial score (nSPS) is 12.5. The molecule has 0 atom stereocenters. The van der Waals surface area contributed by atoms with E-state index in [-0.39, 0.29) is 16.9 Å². The maximum Gasteiger partial charge on any atom is 0.501 e. The van der Waals surface area contributed by atoms with Crippen molar-refractivity contribution in [3.63, 3.8) is 0 Å². The highest BCUT2D eigenvalue weighted by molar-refractivity contribution is 7.92. The summed E-state index contributed by atoms with van der Waals surface area (Å²) in [4.78, 5) is 11.3. The number of alkyl halides is 3. The van der Waals surface area contributed by atoms with Crippen LogP contribution in [0.3, 0.4) is 0 Å². The first-order valence-corrected chi connectivity index (χ1v) is 10.9. The molecule has 0 aliphatic rings. The molecule has 0 radical (unpaired) electrons. The zero-order valence-electron chi connectivity index (χ0n) is 14.5. The minimum atomic E-state index is -5.50. The molecule has 0 aromatic heterocycles. The minimum absolute atomic E-state index is 0.0840. The van der Waals surface area contributed by atoms with Gasteiger partial charge in [0.05, 0.1) is 16.8 Å². The van der Waals surface area contributed by atoms with Gasteiger partial charge in [-0.2, -0.15) is 13.2 Å². The van der Waals surface area contributed by atoms with Gasteiger partial charge in [0.2, 0.25) is 10.0 Å². The largest absolute Gasteiger partial charge is 0.501 e. The van der Waals surface area contributed by atoms with E-state index >= 15 is 0 Å². The number of sulfonamides is 1. The number of nitrogens with one attached hydrogen (secondary N) is 2. The van der Waals surface area contributed by atoms with E-state index in [9.17, 15) is 34.8 Å². The van der Waals surface area contributed by atoms with Gasteiger partial charge >= 0.3 is 5.51 Å². The van der Waals surface area contributed by atoms with Crippen LogP contribution in [0.15, 0.2) is 47.4 Å². The summed E-state index contributed by atoms with van der Waals surface area (Å²) >= 11 is 0. The molecule has 2 aromatic rings. The maximum absolute atomic E-state index is 12.5. The third-order valence-electron chi connectivity index (χ3n) is 3.52. The van der Waals surface area contributed by atoms with Gasteiger partial charge in [-0.1, -0.05) is 6.07 Å². The third-order valence-corrected chi connectivity index (χ3v) is 5.62. The van der Waals surface area contributed by atoms with Crippen molar-refractivity contribution in [1.82, 2.24) is 0 Å². The Morgan fingerprint density at radius 3 is 2.04 bits per heavy atom. The van der Waals surface area contributed by atoms with Gasteiger partial charge in [0.15, 0.2) is 0 Å². The first-order valence-electron chi connectivity index (χ1n) is 7.52. The molecule has 28 heavy (non-hydrogen) atoms. The van der Waals surface area contributed by atoms with Crippen LogP contribution in [0, 0.1) is 6.92 Å². The number of amides is 1. The first-order chi connectivity index (χ1) is 12.7. The van der Waals surface area contributed by atoms with E-state index in [2.05, 4.69) is 10.0 Å². The van der Waals surface area contributed by atoms with Crippen molar-refractivity contribution in [3.05, 3.63) is 53.6 Å². The number of rotatable bonds is 5. The number of benzene rings is 2. The van der Waals surface area contributed by atoms with Crippen LogP contribution in [0.2, 0.25) is 0 Å². The minimum Gasteiger partial charge on any atom is -0.322 e. The van der Waals surface area contributed by atoms with Gasteiger partial charge in [-0.05, 0) is 48.9 Å². The molecule has 0 bridgehead atoms. The number of carbonyl (C=O) groups excluding carboxylic acids is 1. The molecule has 0 unspecified atom stereocenters. The molecule has 0 saturated carbocycles. The van der Waals surface area contributed by atoms with Crippen molar-refractivity contribution >= 4 is 37.1 Å². The SMILES string of the molecule is Cc1ccc(NC(=O)c2ccc(S(=O)(=O)C(F)(F)F)cc2)cc1NS(C)(=O)=O. The summed E-state index contributed by atoms with van der Waals surface area (Å²) in [6.07, 6.45) is 0.967. The number of carbonyl (C=O) groups is 1. The Labute approximate surface area is 159 Å². The Morgan fingerprint density at radius 2 is 1.54 bits per heavy atom. The number of hydrogen-bond acceptors (Lipinski definition) is 5. The molecular formula is C16H15F3N2O5S2. The predicted octanol–water partition coefficient (Wildman–Crippen LogP) is 2.91. The van der Waals surface area contributed by atoms with E-state index in [1.54, 1.807) is 13.0 Å². The van der Waals surface area contributed by atoms with Crippen molar-refractivity contribution in [2.45, 2.75) is 17.3 Å². The molecule has 2 N–H and O–H groups in total. The standard InChI is InChI=1S/C16H15F3N2O5S2/c1-10-3-6-12(9-14(10)21-27(2,23)24)20-15(22)11-4-7-13(8-5-11)28(25,26)16(17,18)19/h3-9,21H,1-2H3,(H,20,22). The summed E-state index contributed by atoms with van der Waals surface area (Å²) in [5.74, 6) is -0.717. The molecule has 7 nitrogen and oxygen atoms in total. The van der Waals surface area contributed by atoms with Crippen LogP contribution in [0.1, 0.15) is 15.9 Å². The number of sulfone groups is 1. The average Bonchev–Trinajstić information content (AvgIpc) is 2.55. The van der Waals surface area contributed by atoms with Crippen molar-refractivity contribution in [1.29, 1.82) is 0 Å². The fourth-order valence-corrected chi connectivity index (χ4v) is 3.51. The molecule has 1 amide bonds. The van der Waals surface area contributed by atoms with E-state index in [0.29, 0.717) is 17.7 Å². The van der Waals surface area contributed by atoms with E-state index in [1.807, 2.05) is 0 Å². The predicted molar refractivity (Wildman–Crippen MR) is 97.3 cm³/mol. The van der Waals surface area contributed by atoms with Crippen LogP contribution in [0.4, 0.5) is 24.5 Å². The lowest BCUT2D eigenvalue weighted by molar-refractivity contribution is -0.0436. The second-order valence-corrected chi connectivity index (χ2v) is 9.52. The van der Waals surface area contributed by atoms with Gasteiger partial charge in [-0.3, -0.25) is 9.52 Å². The van der Waals surface area contributed by atoms with Crippen LogP contribution < -0.4 is 10.0 Å². The Kier molecular flexibility index (Phi) is 5.76. The van der Waals surface area contributed by atoms with E-state index in [4.69, 9.17) is 0 Å². The van der Waals surface area contributed by atoms with Crippen LogP contribution in [-0.4, -0.2) is 34.5 Å². The molecule has 0 spiro atoms. The van der Waals surface area contributed by atoms with Crippen molar-refractivity contribution in [2.75, 3.05) is 16.3 Å². The molecule has 12 heteroatoms. The second-order valence-electron chi connectivity index (χ2n) is 5.83. The Balaban J connectivity index is 2.23. The van der Waals surface area contributed by atoms with Crippen LogP contribution in [0.5, 0.6) is 0 Å². The number of halogens is 3. The molecule has 0 aliphatic heterocycles. The fourth-order valence-electron chi connectivity index (χ4n) is 2.13. The van der Waals surface area contributed by atoms with E-state index in [1.165, 1.54) is 12.1 Å². The van der Waals surface area contributed by atoms with Crippen molar-refractivity contribution in [2.24, 2.45) is 0 Å². The Bertz CT molecular complexity index is 1110. The van der Waals surface area contributed by atoms with Gasteiger partial charge < -0.3 is 5.32 Å². The third kappa shape index (κ3) is 5.01. The fraction of sp³-hybridized carbons (Fsp3) is 0.188. The van der Waals surface area contributed by atoms with Gasteiger partial charge in [0.1, 0.15) is 0 Å². The maximum atomic E-state index is 12.5. The zero-order valence-corrected chi connectivity index (χ0v) is 16.2. The molecule has 2 aromatic carbocycles. The van der Waals surface area contributed by atoms with Gasteiger partial charge in [0.25, 0.3) is 15.7 Å². The summed E-state index contributed by atoms with van der Waals surface area (Å²) < 4.78 is 85.3. The lowest BCUT2D eigenvalue weighted by atomic mass is 10.1. The number of anilines is 2. The average molecular weight is 436 g/mol. The summed E-state index contributed by atoms with van der Waals surface area (Å²) in [6.45, 7) is 1.65. The first kappa shape index (κ1) is 21.7. The zero-order chi connectivity index (χ0) is 21.3. The smallest absolute Gasteiger partial charge is 0.322 e. The molecule has 152 valence electrons. The molecular weight excluding hydrogens is 421 g/mol. The highest BCUT2D eigenvalue weighted by atomic mass is 32.2. The lowest BCUT2D eigenvalue weighted by Crippen LogP contribution is -2.23. The Morgan fingerprint density at radius 1 is 0.964 bits per heavy atom. The number of hydrogen-bond donors (Lipinski definition) is 2. The summed E-state index contributed by atoms with van der Waals surface area (Å²) in [6, 6.07) is 7.69. The molecule has 0 aliphatic carbocycles. The van der Waals surface area contributed by atoms with Gasteiger partial charge in [-0.15, -0.1) is 0 Å². The topological polar surface area (TPSA) is 109 Å². The van der Waals surface area contributed by atoms with Crippen LogP contribution in [0.25, 0.3) is 0 Å². The highest BCUT2D eigenvalue weighted by Crippen LogP contribution is 2.30. The van der Waals surface area contributed by atoms with Crippen molar-refractivity contribution < 1.29 is 34.8 Å². The highest BCUT2D eigenvalue weighted by Gasteiger charge is 2.46. The number of aryl methyl sites for hydroxylation is 1. The second kappa shape index (κ2) is 7.43. The van der Waals surface area contributed by atoms with Crippen LogP contribution in [-0.2, 0) is 19.9 Å². The van der Waals surface area contributed by atoms with Crippen LogP contribution >= 0.6 is 0 Å². The summed E-state index contributed by atoms with van der Waals surface area (Å²) in [7, 11) is -9.04. The molecule has 0 heterocycles. The summed E-state index contributed by atoms with van der Waals surface area (Å²) in [5.41, 5.74) is -4.45. The monoisotopic (exact) mass is 436 g/mol. The van der Waals surface area contributed by atoms with Crippen molar-refractivity contribution in [3.8, 4) is 0 Å². The lowest BCUT2D eigenvalue weighted by Gasteiger charge is -2.12. The van der Waals surface area contributed by atoms with Gasteiger partial charge in [0, 0.05) is 11.3 Å². The van der Waals surface area contributed by atoms with Gasteiger partial charge in [-0.25, -0.2) is 16.8 Å². The Hall–Kier alpha value is -2.60. The van der Waals surface area contributed by atoms with E-state index in [0.717, 1.165) is 18.4 Å². The summed E-state index contributed by atoms with van der Waals surface area (Å²) in [5, 5.41) is 2.45. The molecule has 0 saturated heterocycles. The van der Waals surface area contributed by atoms with E-state index < -0.39 is 36.2 Å². The molecule has 2 rings (SSSR count).